The van der Waals surface area contributed by atoms with E-state index < -0.39 is 108 Å². The number of aliphatic carboxylic acids is 1. The number of ether oxygens (including phenoxy) is 1. The molecule has 0 bridgehead atoms. The van der Waals surface area contributed by atoms with Crippen LogP contribution in [0.4, 0.5) is 32.0 Å². The Bertz CT molecular complexity index is 1230. The van der Waals surface area contributed by atoms with E-state index >= 15 is 0 Å². The predicted octanol–water partition coefficient (Wildman–Crippen LogP) is 1.57. The number of benzene rings is 2. The first kappa shape index (κ1) is 29.6. The van der Waals surface area contributed by atoms with Gasteiger partial charge in [-0.1, -0.05) is 6.07 Å². The molecule has 38 heavy (non-hydrogen) atoms. The minimum atomic E-state index is -1.95. The second-order valence-corrected chi connectivity index (χ2v) is 7.34. The number of hydrogen-bond donors (Lipinski definition) is 4. The Morgan fingerprint density at radius 1 is 0.868 bits per heavy atom. The Hall–Kier alpha value is -4.63. The molecule has 2 aromatic carbocycles. The van der Waals surface area contributed by atoms with Crippen LogP contribution in [0.15, 0.2) is 24.3 Å². The van der Waals surface area contributed by atoms with E-state index in [9.17, 15) is 50.3 Å². The molecule has 2 rings (SSSR count). The topological polar surface area (TPSA) is 151 Å². The number of rotatable bonds is 11. The van der Waals surface area contributed by atoms with Crippen LogP contribution in [0.3, 0.4) is 0 Å². The summed E-state index contributed by atoms with van der Waals surface area (Å²) >= 11 is 0. The molecule has 0 heterocycles. The summed E-state index contributed by atoms with van der Waals surface area (Å²) in [6.45, 7) is -2.24. The maximum atomic E-state index is 13.7. The van der Waals surface area contributed by atoms with Gasteiger partial charge in [-0.2, -0.15) is 8.78 Å². The van der Waals surface area contributed by atoms with E-state index in [2.05, 4.69) is 4.74 Å². The summed E-state index contributed by atoms with van der Waals surface area (Å²) in [6.07, 6.45) is -1.27. The SMILES string of the molecule is O=C(O)CC[C@H](NC(=O)CNC(=O)C(=O)Nc1c(F)cccc1F)C(=O)COc1c(F)c(F)cc(F)c1F. The largest absolute Gasteiger partial charge is 0.481 e. The summed E-state index contributed by atoms with van der Waals surface area (Å²) in [5.41, 5.74) is -0.928. The molecule has 204 valence electrons. The van der Waals surface area contributed by atoms with E-state index in [1.807, 2.05) is 5.32 Å². The fraction of sp³-hybridized carbons (Fsp3) is 0.227. The predicted molar refractivity (Wildman–Crippen MR) is 114 cm³/mol. The van der Waals surface area contributed by atoms with Crippen molar-refractivity contribution in [3.63, 3.8) is 0 Å². The van der Waals surface area contributed by atoms with Crippen LogP contribution in [0.5, 0.6) is 5.75 Å². The standard InChI is InChI=1S/C22H17F6N3O7/c23-9-2-1-3-10(24)19(9)31-22(37)21(36)29-7-15(33)30-13(4-5-16(34)35)14(32)8-38-20-17(27)11(25)6-12(26)18(20)28/h1-3,6,13H,4-5,7-8H2,(H,29,36)(H,30,33)(H,31,37)(H,34,35)/t13-/m0/s1. The Morgan fingerprint density at radius 3 is 2.00 bits per heavy atom. The lowest BCUT2D eigenvalue weighted by Crippen LogP contribution is -2.48. The quantitative estimate of drug-likeness (QED) is 0.189. The molecule has 0 saturated heterocycles. The van der Waals surface area contributed by atoms with Crippen LogP contribution in [0.1, 0.15) is 12.8 Å². The average molecular weight is 549 g/mol. The number of amides is 3. The third-order valence-corrected chi connectivity index (χ3v) is 4.62. The van der Waals surface area contributed by atoms with Gasteiger partial charge in [0.25, 0.3) is 0 Å². The summed E-state index contributed by atoms with van der Waals surface area (Å²) in [4.78, 5) is 59.0. The first-order valence-electron chi connectivity index (χ1n) is 10.3. The number of hydrogen-bond acceptors (Lipinski definition) is 6. The van der Waals surface area contributed by atoms with E-state index in [-0.39, 0.29) is 6.07 Å². The molecule has 10 nitrogen and oxygen atoms in total. The summed E-state index contributed by atoms with van der Waals surface area (Å²) in [7, 11) is 0. The van der Waals surface area contributed by atoms with Gasteiger partial charge in [0.1, 0.15) is 23.9 Å². The molecule has 0 aliphatic heterocycles. The van der Waals surface area contributed by atoms with Gasteiger partial charge in [-0.3, -0.25) is 24.0 Å². The van der Waals surface area contributed by atoms with Crippen LogP contribution in [0, 0.1) is 34.9 Å². The van der Waals surface area contributed by atoms with Crippen molar-refractivity contribution in [3.05, 3.63) is 59.2 Å². The highest BCUT2D eigenvalue weighted by Crippen LogP contribution is 2.26. The molecule has 4 N–H and O–H groups in total. The molecule has 0 saturated carbocycles. The van der Waals surface area contributed by atoms with Crippen LogP contribution in [0.25, 0.3) is 0 Å². The van der Waals surface area contributed by atoms with Crippen molar-refractivity contribution in [2.45, 2.75) is 18.9 Å². The maximum absolute atomic E-state index is 13.7. The smallest absolute Gasteiger partial charge is 0.313 e. The average Bonchev–Trinajstić information content (AvgIpc) is 2.85. The van der Waals surface area contributed by atoms with Gasteiger partial charge in [-0.25, -0.2) is 17.6 Å². The van der Waals surface area contributed by atoms with Crippen molar-refractivity contribution < 1.29 is 60.2 Å². The molecule has 16 heteroatoms. The van der Waals surface area contributed by atoms with Crippen molar-refractivity contribution in [1.82, 2.24) is 10.6 Å². The van der Waals surface area contributed by atoms with Crippen LogP contribution in [-0.4, -0.2) is 53.8 Å². The Labute approximate surface area is 208 Å². The first-order valence-corrected chi connectivity index (χ1v) is 10.3. The lowest BCUT2D eigenvalue weighted by Gasteiger charge is -2.18. The van der Waals surface area contributed by atoms with Crippen molar-refractivity contribution in [2.75, 3.05) is 18.5 Å². The van der Waals surface area contributed by atoms with Gasteiger partial charge in [-0.05, 0) is 18.6 Å². The van der Waals surface area contributed by atoms with E-state index in [0.717, 1.165) is 18.2 Å². The number of carboxylic acids is 1. The third-order valence-electron chi connectivity index (χ3n) is 4.62. The zero-order valence-electron chi connectivity index (χ0n) is 18.9. The summed E-state index contributed by atoms with van der Waals surface area (Å²) in [6, 6.07) is 0.824. The third kappa shape index (κ3) is 7.94. The molecule has 0 radical (unpaired) electrons. The van der Waals surface area contributed by atoms with Crippen molar-refractivity contribution in [1.29, 1.82) is 0 Å². The van der Waals surface area contributed by atoms with E-state index in [1.54, 1.807) is 10.6 Å². The number of Topliss-reactive ketones (excluding diaryl/α,β-unsaturated/α-hetero) is 1. The van der Waals surface area contributed by atoms with Gasteiger partial charge >= 0.3 is 17.8 Å². The molecular formula is C22H17F6N3O7. The van der Waals surface area contributed by atoms with Crippen LogP contribution < -0.4 is 20.7 Å². The van der Waals surface area contributed by atoms with Crippen molar-refractivity contribution in [2.24, 2.45) is 0 Å². The molecule has 0 aliphatic rings. The molecule has 3 amide bonds. The van der Waals surface area contributed by atoms with Crippen molar-refractivity contribution in [3.8, 4) is 5.75 Å². The lowest BCUT2D eigenvalue weighted by molar-refractivity contribution is -0.138. The summed E-state index contributed by atoms with van der Waals surface area (Å²) < 4.78 is 85.6. The first-order chi connectivity index (χ1) is 17.8. The number of carbonyl (C=O) groups is 5. The summed E-state index contributed by atoms with van der Waals surface area (Å²) in [5.74, 6) is -18.3. The Morgan fingerprint density at radius 2 is 1.45 bits per heavy atom. The Balaban J connectivity index is 1.99. The molecule has 0 fully saturated rings. The fourth-order valence-electron chi connectivity index (χ4n) is 2.78. The highest BCUT2D eigenvalue weighted by Gasteiger charge is 2.26. The number of nitrogens with one attached hydrogen (secondary N) is 3. The van der Waals surface area contributed by atoms with Gasteiger partial charge in [0, 0.05) is 12.5 Å². The monoisotopic (exact) mass is 549 g/mol. The van der Waals surface area contributed by atoms with Crippen LogP contribution in [0.2, 0.25) is 0 Å². The molecule has 0 spiro atoms. The second-order valence-electron chi connectivity index (χ2n) is 7.34. The number of ketones is 1. The number of carbonyl (C=O) groups excluding carboxylic acids is 4. The van der Waals surface area contributed by atoms with E-state index in [4.69, 9.17) is 5.11 Å². The zero-order valence-corrected chi connectivity index (χ0v) is 18.9. The van der Waals surface area contributed by atoms with Gasteiger partial charge in [0.15, 0.2) is 23.2 Å². The molecule has 0 aliphatic carbocycles. The molecule has 0 unspecified atom stereocenters. The number of para-hydroxylation sites is 1. The number of halogens is 6. The number of anilines is 1. The van der Waals surface area contributed by atoms with Gasteiger partial charge in [0.05, 0.1) is 12.6 Å². The highest BCUT2D eigenvalue weighted by atomic mass is 19.2. The molecule has 0 aromatic heterocycles. The zero-order chi connectivity index (χ0) is 28.6. The van der Waals surface area contributed by atoms with Gasteiger partial charge in [0.2, 0.25) is 17.5 Å². The second kappa shape index (κ2) is 13.1. The van der Waals surface area contributed by atoms with E-state index in [0.29, 0.717) is 0 Å². The molecule has 1 atom stereocenters. The van der Waals surface area contributed by atoms with E-state index in [1.165, 1.54) is 0 Å². The molecular weight excluding hydrogens is 532 g/mol. The maximum Gasteiger partial charge on any atom is 0.313 e. The summed E-state index contributed by atoms with van der Waals surface area (Å²) in [5, 5.41) is 14.3. The normalized spacial score (nSPS) is 11.3. The van der Waals surface area contributed by atoms with Crippen molar-refractivity contribution >= 4 is 35.2 Å². The van der Waals surface area contributed by atoms with Crippen LogP contribution >= 0.6 is 0 Å². The van der Waals surface area contributed by atoms with Gasteiger partial charge in [-0.15, -0.1) is 0 Å². The minimum absolute atomic E-state index is 0.101. The number of carboxylic acid groups (broad SMARTS) is 1. The van der Waals surface area contributed by atoms with Crippen LogP contribution in [-0.2, 0) is 24.0 Å². The Kier molecular flexibility index (Phi) is 10.2. The fourth-order valence-corrected chi connectivity index (χ4v) is 2.78. The minimum Gasteiger partial charge on any atom is -0.481 e. The van der Waals surface area contributed by atoms with Gasteiger partial charge < -0.3 is 25.8 Å². The lowest BCUT2D eigenvalue weighted by atomic mass is 10.1. The highest BCUT2D eigenvalue weighted by molar-refractivity contribution is 6.39. The molecule has 2 aromatic rings.